The van der Waals surface area contributed by atoms with Gasteiger partial charge in [0.25, 0.3) is 0 Å². The summed E-state index contributed by atoms with van der Waals surface area (Å²) in [7, 11) is 0. The molecule has 0 N–H and O–H groups in total. The largest absolute Gasteiger partial charge is 2.00 e. The van der Waals surface area contributed by atoms with Crippen LogP contribution in [0.15, 0.2) is 47.6 Å². The molecule has 0 nitrogen and oxygen atoms in total. The molecule has 0 saturated carbocycles. The molecule has 2 aliphatic rings. The van der Waals surface area contributed by atoms with Gasteiger partial charge in [0.1, 0.15) is 0 Å². The van der Waals surface area contributed by atoms with E-state index in [1.54, 1.807) is 0 Å². The van der Waals surface area contributed by atoms with Crippen LogP contribution in [0.3, 0.4) is 0 Å². The summed E-state index contributed by atoms with van der Waals surface area (Å²) in [5, 5.41) is 0. The third kappa shape index (κ3) is 3.85. The number of hydrogen-bond acceptors (Lipinski definition) is 0. The Hall–Kier alpha value is 0.228. The zero-order chi connectivity index (χ0) is 6.81. The minimum absolute atomic E-state index is 0. The zero-order valence-electron chi connectivity index (χ0n) is 6.95. The van der Waals surface area contributed by atoms with Crippen molar-refractivity contribution >= 4 is 0 Å². The van der Waals surface area contributed by atoms with E-state index in [9.17, 15) is 0 Å². The quantitative estimate of drug-likeness (QED) is 0.438. The maximum absolute atomic E-state index is 2.21. The van der Waals surface area contributed by atoms with E-state index >= 15 is 0 Å². The van der Waals surface area contributed by atoms with Crippen molar-refractivity contribution in [2.75, 3.05) is 0 Å². The van der Waals surface area contributed by atoms with E-state index in [1.807, 2.05) is 0 Å². The van der Waals surface area contributed by atoms with E-state index in [2.05, 4.69) is 36.5 Å². The van der Waals surface area contributed by atoms with Crippen LogP contribution in [0.4, 0.5) is 0 Å². The molecule has 0 aromatic heterocycles. The molecule has 0 saturated heterocycles. The second-order valence-electron chi connectivity index (χ2n) is 2.65. The number of hydrogen-bond donors (Lipinski definition) is 0. The number of allylic oxidation sites excluding steroid dienone is 8. The zero-order valence-corrected chi connectivity index (χ0v) is 10.7. The standard InChI is InChI=1S/C10H10.2ClH.Pt/c1-2-6-9(5-1)10-7-3-4-8-10;;;/h1-5,7H,6,8H2;2*1H;/q;;;+2/p-2. The van der Waals surface area contributed by atoms with Crippen LogP contribution in [0.25, 0.3) is 0 Å². The van der Waals surface area contributed by atoms with E-state index in [0.29, 0.717) is 0 Å². The van der Waals surface area contributed by atoms with Gasteiger partial charge in [-0.15, -0.1) is 0 Å². The van der Waals surface area contributed by atoms with Crippen LogP contribution < -0.4 is 24.8 Å². The van der Waals surface area contributed by atoms with Crippen LogP contribution in [0, 0.1) is 0 Å². The van der Waals surface area contributed by atoms with Crippen molar-refractivity contribution in [2.24, 2.45) is 0 Å². The summed E-state index contributed by atoms with van der Waals surface area (Å²) in [6, 6.07) is 0. The first-order valence-corrected chi connectivity index (χ1v) is 3.68. The molecule has 0 spiro atoms. The van der Waals surface area contributed by atoms with E-state index in [0.717, 1.165) is 12.8 Å². The second kappa shape index (κ2) is 7.62. The predicted molar refractivity (Wildman–Crippen MR) is 43.7 cm³/mol. The van der Waals surface area contributed by atoms with Crippen molar-refractivity contribution in [1.29, 1.82) is 0 Å². The van der Waals surface area contributed by atoms with Crippen molar-refractivity contribution in [3.63, 3.8) is 0 Å². The summed E-state index contributed by atoms with van der Waals surface area (Å²) in [4.78, 5) is 0. The fourth-order valence-electron chi connectivity index (χ4n) is 1.37. The summed E-state index contributed by atoms with van der Waals surface area (Å²) in [6.45, 7) is 0. The van der Waals surface area contributed by atoms with Crippen LogP contribution >= 0.6 is 0 Å². The van der Waals surface area contributed by atoms with Gasteiger partial charge in [-0.25, -0.2) is 0 Å². The van der Waals surface area contributed by atoms with E-state index in [1.165, 1.54) is 11.1 Å². The second-order valence-corrected chi connectivity index (χ2v) is 2.65. The van der Waals surface area contributed by atoms with Gasteiger partial charge in [0.15, 0.2) is 0 Å². The molecule has 0 heterocycles. The Kier molecular flexibility index (Phi) is 9.19. The predicted octanol–water partition coefficient (Wildman–Crippen LogP) is -3.24. The van der Waals surface area contributed by atoms with Crippen molar-refractivity contribution in [3.8, 4) is 0 Å². The molecule has 0 fully saturated rings. The summed E-state index contributed by atoms with van der Waals surface area (Å²) < 4.78 is 0. The van der Waals surface area contributed by atoms with Crippen LogP contribution in [0.5, 0.6) is 0 Å². The number of rotatable bonds is 1. The van der Waals surface area contributed by atoms with Gasteiger partial charge < -0.3 is 24.8 Å². The first-order chi connectivity index (χ1) is 4.97. The molecule has 0 unspecified atom stereocenters. The molecule has 0 atom stereocenters. The van der Waals surface area contributed by atoms with Crippen molar-refractivity contribution < 1.29 is 45.9 Å². The van der Waals surface area contributed by atoms with Gasteiger partial charge in [-0.1, -0.05) is 36.5 Å². The molecule has 13 heavy (non-hydrogen) atoms. The summed E-state index contributed by atoms with van der Waals surface area (Å²) in [5.41, 5.74) is 2.98. The Balaban J connectivity index is 0. The van der Waals surface area contributed by atoms with Crippen LogP contribution in [-0.2, 0) is 21.1 Å². The Morgan fingerprint density at radius 3 is 1.38 bits per heavy atom. The Bertz CT molecular complexity index is 234. The molecule has 2 rings (SSSR count). The maximum Gasteiger partial charge on any atom is 2.00 e. The maximum atomic E-state index is 2.21. The fraction of sp³-hybridized carbons (Fsp3) is 0.200. The minimum Gasteiger partial charge on any atom is -1.00 e. The molecular weight excluding hydrogens is 386 g/mol. The molecule has 0 bridgehead atoms. The normalized spacial score (nSPS) is 16.6. The Morgan fingerprint density at radius 2 is 1.15 bits per heavy atom. The van der Waals surface area contributed by atoms with E-state index in [4.69, 9.17) is 0 Å². The summed E-state index contributed by atoms with van der Waals surface area (Å²) in [5.74, 6) is 0. The molecule has 0 amide bonds. The Morgan fingerprint density at radius 1 is 0.769 bits per heavy atom. The smallest absolute Gasteiger partial charge is 1.00 e. The van der Waals surface area contributed by atoms with Crippen LogP contribution in [0.1, 0.15) is 12.8 Å². The van der Waals surface area contributed by atoms with Crippen molar-refractivity contribution in [2.45, 2.75) is 12.8 Å². The number of halogens is 2. The van der Waals surface area contributed by atoms with Gasteiger partial charge in [-0.3, -0.25) is 0 Å². The monoisotopic (exact) mass is 395 g/mol. The summed E-state index contributed by atoms with van der Waals surface area (Å²) >= 11 is 0. The van der Waals surface area contributed by atoms with Crippen LogP contribution in [0.2, 0.25) is 0 Å². The molecular formula is C10H10Cl2Pt. The molecule has 0 aliphatic heterocycles. The van der Waals surface area contributed by atoms with E-state index < -0.39 is 0 Å². The van der Waals surface area contributed by atoms with Gasteiger partial charge in [-0.05, 0) is 24.0 Å². The SMILES string of the molecule is C1=CCC(C2=CC=CC2)=C1.[Cl-].[Cl-].[Pt+2]. The molecule has 74 valence electrons. The van der Waals surface area contributed by atoms with Gasteiger partial charge in [-0.2, -0.15) is 0 Å². The third-order valence-corrected chi connectivity index (χ3v) is 1.95. The van der Waals surface area contributed by atoms with Gasteiger partial charge in [0.2, 0.25) is 0 Å². The molecule has 0 aromatic carbocycles. The van der Waals surface area contributed by atoms with Crippen molar-refractivity contribution in [3.05, 3.63) is 47.6 Å². The Labute approximate surface area is 106 Å². The third-order valence-electron chi connectivity index (χ3n) is 1.95. The minimum atomic E-state index is 0. The average molecular weight is 396 g/mol. The molecule has 0 radical (unpaired) electrons. The summed E-state index contributed by atoms with van der Waals surface area (Å²) in [6.07, 6.45) is 15.4. The first-order valence-electron chi connectivity index (χ1n) is 3.68. The molecule has 0 aromatic rings. The van der Waals surface area contributed by atoms with Gasteiger partial charge in [0.05, 0.1) is 0 Å². The first kappa shape index (κ1) is 15.7. The fourth-order valence-corrected chi connectivity index (χ4v) is 1.37. The van der Waals surface area contributed by atoms with Gasteiger partial charge >= 0.3 is 21.1 Å². The topological polar surface area (TPSA) is 0 Å². The molecule has 3 heteroatoms. The van der Waals surface area contributed by atoms with E-state index in [-0.39, 0.29) is 45.9 Å². The van der Waals surface area contributed by atoms with Crippen molar-refractivity contribution in [1.82, 2.24) is 0 Å². The van der Waals surface area contributed by atoms with Gasteiger partial charge in [0, 0.05) is 0 Å². The molecule has 2 aliphatic carbocycles. The van der Waals surface area contributed by atoms with Crippen LogP contribution in [-0.4, -0.2) is 0 Å². The average Bonchev–Trinajstić information content (AvgIpc) is 2.59.